The number of carbonyl (C=O) groups is 2. The topological polar surface area (TPSA) is 108 Å². The number of nitrogens with zero attached hydrogens (tertiary/aromatic N) is 1. The maximum absolute atomic E-state index is 11.8. The molecule has 2 aromatic heterocycles. The van der Waals surface area contributed by atoms with Gasteiger partial charge in [0.15, 0.2) is 0 Å². The summed E-state index contributed by atoms with van der Waals surface area (Å²) in [5, 5.41) is 10.6. The van der Waals surface area contributed by atoms with Crippen molar-refractivity contribution in [3.8, 4) is 16.9 Å². The van der Waals surface area contributed by atoms with Gasteiger partial charge in [-0.3, -0.25) is 14.6 Å². The van der Waals surface area contributed by atoms with Crippen molar-refractivity contribution in [2.75, 3.05) is 22.6 Å². The highest BCUT2D eigenvalue weighted by Gasteiger charge is 2.20. The Hall–Kier alpha value is -5.11. The van der Waals surface area contributed by atoms with Gasteiger partial charge in [0, 0.05) is 45.9 Å². The molecule has 8 heteroatoms. The van der Waals surface area contributed by atoms with E-state index in [1.165, 1.54) is 10.9 Å². The Bertz CT molecular complexity index is 1780. The van der Waals surface area contributed by atoms with E-state index in [2.05, 4.69) is 44.2 Å². The van der Waals surface area contributed by atoms with E-state index < -0.39 is 0 Å². The highest BCUT2D eigenvalue weighted by Crippen LogP contribution is 2.31. The number of carbonyl (C=O) groups excluding carboxylic acids is 2. The zero-order chi connectivity index (χ0) is 27.1. The molecule has 0 saturated carbocycles. The van der Waals surface area contributed by atoms with Crippen molar-refractivity contribution in [1.82, 2.24) is 9.97 Å². The van der Waals surface area contributed by atoms with Gasteiger partial charge in [-0.25, -0.2) is 0 Å². The van der Waals surface area contributed by atoms with Crippen LogP contribution in [0.1, 0.15) is 16.7 Å². The summed E-state index contributed by atoms with van der Waals surface area (Å²) in [5.41, 5.74) is 8.87. The number of para-hydroxylation sites is 1. The Kier molecular flexibility index (Phi) is 5.92. The fraction of sp³-hybridized carbons (Fsp3) is 0.156. The normalized spacial score (nSPS) is 14.4. The third-order valence-corrected chi connectivity index (χ3v) is 7.47. The first-order valence-corrected chi connectivity index (χ1v) is 13.3. The van der Waals surface area contributed by atoms with Crippen LogP contribution in [-0.2, 0) is 28.9 Å². The lowest BCUT2D eigenvalue weighted by atomic mass is 10.0. The van der Waals surface area contributed by atoms with E-state index in [0.717, 1.165) is 51.3 Å². The molecular formula is C32H27N5O3. The number of rotatable bonds is 8. The second-order valence-corrected chi connectivity index (χ2v) is 10.3. The van der Waals surface area contributed by atoms with Crippen molar-refractivity contribution < 1.29 is 14.3 Å². The minimum Gasteiger partial charge on any atom is -0.490 e. The number of hydrogen-bond acceptors (Lipinski definition) is 5. The number of ether oxygens (including phenoxy) is 1. The van der Waals surface area contributed by atoms with E-state index in [-0.39, 0.29) is 17.9 Å². The van der Waals surface area contributed by atoms with Crippen molar-refractivity contribution in [1.29, 1.82) is 0 Å². The molecule has 2 aliphatic heterocycles. The summed E-state index contributed by atoms with van der Waals surface area (Å²) in [5.74, 6) is 0.702. The maximum Gasteiger partial charge on any atom is 0.228 e. The van der Waals surface area contributed by atoms with E-state index in [1.807, 2.05) is 54.6 Å². The Labute approximate surface area is 230 Å². The van der Waals surface area contributed by atoms with Crippen LogP contribution in [-0.4, -0.2) is 34.4 Å². The molecule has 40 heavy (non-hydrogen) atoms. The summed E-state index contributed by atoms with van der Waals surface area (Å²) >= 11 is 0. The van der Waals surface area contributed by atoms with Crippen molar-refractivity contribution in [3.05, 3.63) is 102 Å². The predicted octanol–water partition coefficient (Wildman–Crippen LogP) is 5.32. The van der Waals surface area contributed by atoms with Crippen LogP contribution < -0.4 is 20.7 Å². The van der Waals surface area contributed by atoms with Gasteiger partial charge in [0.2, 0.25) is 11.8 Å². The quantitative estimate of drug-likeness (QED) is 0.218. The molecule has 0 spiro atoms. The highest BCUT2D eigenvalue weighted by atomic mass is 16.5. The number of hydrogen-bond donors (Lipinski definition) is 4. The number of benzene rings is 3. The summed E-state index contributed by atoms with van der Waals surface area (Å²) in [6.07, 6.45) is 7.09. The van der Waals surface area contributed by atoms with Gasteiger partial charge in [0.1, 0.15) is 12.4 Å². The Morgan fingerprint density at radius 3 is 2.48 bits per heavy atom. The van der Waals surface area contributed by atoms with Crippen LogP contribution in [0.25, 0.3) is 22.0 Å². The van der Waals surface area contributed by atoms with Crippen molar-refractivity contribution in [2.45, 2.75) is 25.3 Å². The van der Waals surface area contributed by atoms with Gasteiger partial charge in [-0.15, -0.1) is 0 Å². The third kappa shape index (κ3) is 4.75. The van der Waals surface area contributed by atoms with E-state index in [1.54, 1.807) is 12.4 Å². The summed E-state index contributed by atoms with van der Waals surface area (Å²) in [7, 11) is 0. The number of aromatic amines is 1. The van der Waals surface area contributed by atoms with Crippen LogP contribution >= 0.6 is 0 Å². The lowest BCUT2D eigenvalue weighted by molar-refractivity contribution is -0.115. The van der Waals surface area contributed by atoms with E-state index >= 15 is 0 Å². The molecule has 4 N–H and O–H groups in total. The van der Waals surface area contributed by atoms with Crippen LogP contribution in [0.15, 0.2) is 85.3 Å². The second-order valence-electron chi connectivity index (χ2n) is 10.3. The molecule has 0 fully saturated rings. The van der Waals surface area contributed by atoms with Crippen molar-refractivity contribution >= 4 is 39.8 Å². The van der Waals surface area contributed by atoms with Gasteiger partial charge < -0.3 is 25.7 Å². The number of fused-ring (bicyclic) bond motifs is 3. The van der Waals surface area contributed by atoms with Crippen LogP contribution in [0.4, 0.5) is 17.1 Å². The van der Waals surface area contributed by atoms with Crippen LogP contribution in [0.5, 0.6) is 5.75 Å². The Morgan fingerprint density at radius 1 is 0.850 bits per heavy atom. The van der Waals surface area contributed by atoms with E-state index in [4.69, 9.17) is 4.74 Å². The molecule has 0 radical (unpaired) electrons. The fourth-order valence-electron chi connectivity index (χ4n) is 5.53. The number of anilines is 3. The van der Waals surface area contributed by atoms with Gasteiger partial charge in [0.05, 0.1) is 25.1 Å². The van der Waals surface area contributed by atoms with Gasteiger partial charge in [-0.1, -0.05) is 24.3 Å². The van der Waals surface area contributed by atoms with Crippen LogP contribution in [0.3, 0.4) is 0 Å². The van der Waals surface area contributed by atoms with Crippen LogP contribution in [0.2, 0.25) is 0 Å². The van der Waals surface area contributed by atoms with Gasteiger partial charge in [-0.05, 0) is 71.1 Å². The second kappa shape index (κ2) is 9.89. The molecule has 4 heterocycles. The number of H-pyrrole nitrogens is 1. The minimum absolute atomic E-state index is 0.0161. The standard InChI is InChI=1S/C32H27N5O3/c38-31-13-20-9-19(5-7-28(20)36-31)22-12-26(17-33-15-22)40-18-25(11-23-16-34-30-4-2-1-3-27(23)30)35-24-6-8-29-21(10-24)14-32(39)37-29/h1-10,12,15-17,25,34-35H,11,13-14,18H2,(H,36,38)(H,37,39)/t25-/m0/s1. The first-order chi connectivity index (χ1) is 19.6. The average molecular weight is 530 g/mol. The lowest BCUT2D eigenvalue weighted by Gasteiger charge is -2.21. The summed E-state index contributed by atoms with van der Waals surface area (Å²) in [6, 6.07) is 22.1. The molecule has 8 nitrogen and oxygen atoms in total. The monoisotopic (exact) mass is 529 g/mol. The first kappa shape index (κ1) is 24.0. The van der Waals surface area contributed by atoms with E-state index in [0.29, 0.717) is 25.2 Å². The van der Waals surface area contributed by atoms with E-state index in [9.17, 15) is 9.59 Å². The maximum atomic E-state index is 11.8. The molecule has 0 aliphatic carbocycles. The molecule has 0 bridgehead atoms. The Balaban J connectivity index is 1.12. The fourth-order valence-corrected chi connectivity index (χ4v) is 5.53. The predicted molar refractivity (Wildman–Crippen MR) is 156 cm³/mol. The SMILES string of the molecule is O=C1Cc2cc(N[C@H](COc3cncc(-c4ccc5c(c4)CC(=O)N5)c3)Cc3c[nH]c4ccccc34)ccc2N1. The average Bonchev–Trinajstić information content (AvgIpc) is 3.66. The van der Waals surface area contributed by atoms with Crippen molar-refractivity contribution in [3.63, 3.8) is 0 Å². The third-order valence-electron chi connectivity index (χ3n) is 7.47. The largest absolute Gasteiger partial charge is 0.490 e. The zero-order valence-electron chi connectivity index (χ0n) is 21.7. The number of pyridine rings is 1. The molecular weight excluding hydrogens is 502 g/mol. The lowest BCUT2D eigenvalue weighted by Crippen LogP contribution is -2.29. The highest BCUT2D eigenvalue weighted by molar-refractivity contribution is 6.00. The molecule has 0 unspecified atom stereocenters. The number of amides is 2. The van der Waals surface area contributed by atoms with Crippen molar-refractivity contribution in [2.24, 2.45) is 0 Å². The Morgan fingerprint density at radius 2 is 1.62 bits per heavy atom. The van der Waals surface area contributed by atoms with Crippen LogP contribution in [0, 0.1) is 0 Å². The zero-order valence-corrected chi connectivity index (χ0v) is 21.7. The van der Waals surface area contributed by atoms with Gasteiger partial charge >= 0.3 is 0 Å². The minimum atomic E-state index is -0.0527. The smallest absolute Gasteiger partial charge is 0.228 e. The summed E-state index contributed by atoms with van der Waals surface area (Å²) in [6.45, 7) is 0.404. The first-order valence-electron chi connectivity index (χ1n) is 13.3. The summed E-state index contributed by atoms with van der Waals surface area (Å²) < 4.78 is 6.31. The molecule has 0 saturated heterocycles. The molecule has 3 aromatic carbocycles. The molecule has 2 aliphatic rings. The molecule has 7 rings (SSSR count). The van der Waals surface area contributed by atoms with Gasteiger partial charge in [0.25, 0.3) is 0 Å². The number of nitrogens with one attached hydrogen (secondary N) is 4. The molecule has 1 atom stereocenters. The number of aromatic nitrogens is 2. The molecule has 198 valence electrons. The molecule has 2 amide bonds. The summed E-state index contributed by atoms with van der Waals surface area (Å²) in [4.78, 5) is 31.4. The molecule has 5 aromatic rings. The van der Waals surface area contributed by atoms with Gasteiger partial charge in [-0.2, -0.15) is 0 Å².